The number of pyridine rings is 1. The van der Waals surface area contributed by atoms with E-state index < -0.39 is 13.0 Å². The van der Waals surface area contributed by atoms with E-state index in [1.54, 1.807) is 18.5 Å². The molecule has 2 N–H and O–H groups in total. The van der Waals surface area contributed by atoms with Crippen LogP contribution < -0.4 is 5.32 Å². The number of aryl methyl sites for hydroxylation is 1. The number of aromatic amines is 1. The number of nitrogens with zero attached hydrogens (tertiary/aromatic N) is 6. The fourth-order valence-corrected chi connectivity index (χ4v) is 4.27. The minimum absolute atomic E-state index is 0.167. The quantitative estimate of drug-likeness (QED) is 0.457. The molecule has 5 rings (SSSR count). The SMILES string of the molecule is Cc1c[nH]c2ncc(-c3nn(C4CCN(C)CC4)cc3-c3ccnc(NCC(F)F)n3)cc12. The Morgan fingerprint density at radius 2 is 2.06 bits per heavy atom. The van der Waals surface area contributed by atoms with Crippen LogP contribution in [0.3, 0.4) is 0 Å². The Balaban J connectivity index is 1.58. The van der Waals surface area contributed by atoms with Crippen LogP contribution in [0, 0.1) is 6.92 Å². The number of hydrogen-bond donors (Lipinski definition) is 2. The van der Waals surface area contributed by atoms with Crippen LogP contribution in [-0.4, -0.2) is 67.7 Å². The lowest BCUT2D eigenvalue weighted by atomic mass is 10.1. The molecule has 5 heterocycles. The molecule has 1 aliphatic heterocycles. The first-order valence-electron chi connectivity index (χ1n) is 11.0. The maximum atomic E-state index is 12.7. The highest BCUT2D eigenvalue weighted by atomic mass is 19.3. The molecule has 0 saturated carbocycles. The van der Waals surface area contributed by atoms with E-state index in [1.165, 1.54) is 0 Å². The molecule has 0 amide bonds. The van der Waals surface area contributed by atoms with Gasteiger partial charge in [0.2, 0.25) is 5.95 Å². The van der Waals surface area contributed by atoms with Gasteiger partial charge in [0.15, 0.2) is 0 Å². The molecule has 10 heteroatoms. The number of fused-ring (bicyclic) bond motifs is 1. The first kappa shape index (κ1) is 21.4. The van der Waals surface area contributed by atoms with E-state index in [0.717, 1.165) is 59.3 Å². The molecule has 0 aliphatic carbocycles. The summed E-state index contributed by atoms with van der Waals surface area (Å²) in [5, 5.41) is 8.61. The van der Waals surface area contributed by atoms with Gasteiger partial charge in [-0.05, 0) is 57.6 Å². The molecular weight excluding hydrogens is 426 g/mol. The maximum Gasteiger partial charge on any atom is 0.255 e. The van der Waals surface area contributed by atoms with E-state index >= 15 is 0 Å². The van der Waals surface area contributed by atoms with Gasteiger partial charge < -0.3 is 15.2 Å². The summed E-state index contributed by atoms with van der Waals surface area (Å²) in [6.07, 6.45) is 6.86. The van der Waals surface area contributed by atoms with E-state index in [0.29, 0.717) is 5.69 Å². The molecule has 172 valence electrons. The van der Waals surface area contributed by atoms with Gasteiger partial charge in [-0.25, -0.2) is 23.7 Å². The second-order valence-electron chi connectivity index (χ2n) is 8.54. The van der Waals surface area contributed by atoms with Gasteiger partial charge in [0.05, 0.1) is 18.3 Å². The molecular formula is C23H26F2N8. The van der Waals surface area contributed by atoms with Crippen molar-refractivity contribution >= 4 is 17.0 Å². The summed E-state index contributed by atoms with van der Waals surface area (Å²) in [4.78, 5) is 18.6. The Bertz CT molecular complexity index is 1260. The van der Waals surface area contributed by atoms with Crippen LogP contribution in [-0.2, 0) is 0 Å². The van der Waals surface area contributed by atoms with Crippen LogP contribution in [0.4, 0.5) is 14.7 Å². The minimum atomic E-state index is -2.48. The molecule has 33 heavy (non-hydrogen) atoms. The smallest absolute Gasteiger partial charge is 0.255 e. The van der Waals surface area contributed by atoms with Crippen molar-refractivity contribution in [1.29, 1.82) is 0 Å². The lowest BCUT2D eigenvalue weighted by Crippen LogP contribution is -2.31. The number of H-pyrrole nitrogens is 1. The monoisotopic (exact) mass is 452 g/mol. The van der Waals surface area contributed by atoms with Gasteiger partial charge in [0.1, 0.15) is 11.3 Å². The minimum Gasteiger partial charge on any atom is -0.348 e. The first-order chi connectivity index (χ1) is 16.0. The van der Waals surface area contributed by atoms with Crippen molar-refractivity contribution in [3.8, 4) is 22.5 Å². The third-order valence-corrected chi connectivity index (χ3v) is 6.15. The predicted octanol–water partition coefficient (Wildman–Crippen LogP) is 4.14. The van der Waals surface area contributed by atoms with Gasteiger partial charge in [-0.15, -0.1) is 0 Å². The summed E-state index contributed by atoms with van der Waals surface area (Å²) in [7, 11) is 2.13. The van der Waals surface area contributed by atoms with Gasteiger partial charge >= 0.3 is 0 Å². The van der Waals surface area contributed by atoms with Gasteiger partial charge in [0, 0.05) is 41.3 Å². The Kier molecular flexibility index (Phi) is 5.76. The maximum absolute atomic E-state index is 12.7. The number of anilines is 1. The highest BCUT2D eigenvalue weighted by molar-refractivity contribution is 5.87. The number of alkyl halides is 2. The highest BCUT2D eigenvalue weighted by Gasteiger charge is 2.23. The molecule has 4 aromatic rings. The zero-order valence-corrected chi connectivity index (χ0v) is 18.6. The third-order valence-electron chi connectivity index (χ3n) is 6.15. The summed E-state index contributed by atoms with van der Waals surface area (Å²) in [6.45, 7) is 3.56. The molecule has 4 aromatic heterocycles. The molecule has 0 unspecified atom stereocenters. The number of nitrogens with one attached hydrogen (secondary N) is 2. The summed E-state index contributed by atoms with van der Waals surface area (Å²) < 4.78 is 27.3. The van der Waals surface area contributed by atoms with Crippen molar-refractivity contribution in [2.24, 2.45) is 0 Å². The first-order valence-corrected chi connectivity index (χ1v) is 11.0. The molecule has 0 aromatic carbocycles. The predicted molar refractivity (Wildman–Crippen MR) is 123 cm³/mol. The Morgan fingerprint density at radius 1 is 1.24 bits per heavy atom. The van der Waals surface area contributed by atoms with Crippen LogP contribution in [0.25, 0.3) is 33.5 Å². The molecule has 1 aliphatic rings. The summed E-state index contributed by atoms with van der Waals surface area (Å²) >= 11 is 0. The Hall–Kier alpha value is -3.40. The van der Waals surface area contributed by atoms with Gasteiger partial charge in [-0.1, -0.05) is 0 Å². The van der Waals surface area contributed by atoms with Gasteiger partial charge in [-0.3, -0.25) is 4.68 Å². The molecule has 1 saturated heterocycles. The average molecular weight is 453 g/mol. The number of piperidine rings is 1. The molecule has 0 bridgehead atoms. The van der Waals surface area contributed by atoms with Crippen molar-refractivity contribution in [2.45, 2.75) is 32.2 Å². The number of rotatable bonds is 6. The molecule has 0 radical (unpaired) electrons. The van der Waals surface area contributed by atoms with Crippen molar-refractivity contribution in [3.63, 3.8) is 0 Å². The summed E-state index contributed by atoms with van der Waals surface area (Å²) in [5.41, 5.74) is 5.03. The summed E-state index contributed by atoms with van der Waals surface area (Å²) in [6, 6.07) is 4.15. The standard InChI is InChI=1S/C23H26F2N8/c1-14-10-27-22-17(14)9-15(11-28-22)21-18(13-33(31-21)16-4-7-32(2)8-5-16)19-3-6-26-23(30-19)29-12-20(24)25/h3,6,9-11,13,16,20H,4-5,7-8,12H2,1-2H3,(H,27,28)(H,26,29,30). The van der Waals surface area contributed by atoms with Crippen LogP contribution in [0.15, 0.2) is 36.9 Å². The highest BCUT2D eigenvalue weighted by Crippen LogP contribution is 2.34. The van der Waals surface area contributed by atoms with E-state index in [2.05, 4.69) is 43.3 Å². The lowest BCUT2D eigenvalue weighted by Gasteiger charge is -2.29. The Labute approximate surface area is 190 Å². The molecule has 8 nitrogen and oxygen atoms in total. The number of aromatic nitrogens is 6. The lowest BCUT2D eigenvalue weighted by molar-refractivity contribution is 0.163. The zero-order valence-electron chi connectivity index (χ0n) is 18.6. The second-order valence-corrected chi connectivity index (χ2v) is 8.54. The number of hydrogen-bond acceptors (Lipinski definition) is 6. The van der Waals surface area contributed by atoms with Crippen molar-refractivity contribution in [1.82, 2.24) is 34.6 Å². The van der Waals surface area contributed by atoms with Crippen LogP contribution >= 0.6 is 0 Å². The van der Waals surface area contributed by atoms with Crippen LogP contribution in [0.5, 0.6) is 0 Å². The van der Waals surface area contributed by atoms with Crippen LogP contribution in [0.2, 0.25) is 0 Å². The normalized spacial score (nSPS) is 15.5. The van der Waals surface area contributed by atoms with E-state index in [4.69, 9.17) is 5.10 Å². The van der Waals surface area contributed by atoms with E-state index in [-0.39, 0.29) is 12.0 Å². The fraction of sp³-hybridized carbons (Fsp3) is 0.391. The van der Waals surface area contributed by atoms with E-state index in [1.807, 2.05) is 24.0 Å². The fourth-order valence-electron chi connectivity index (χ4n) is 4.27. The van der Waals surface area contributed by atoms with Crippen LogP contribution in [0.1, 0.15) is 24.4 Å². The zero-order chi connectivity index (χ0) is 22.9. The molecule has 1 fully saturated rings. The van der Waals surface area contributed by atoms with Crippen molar-refractivity contribution < 1.29 is 8.78 Å². The van der Waals surface area contributed by atoms with Crippen molar-refractivity contribution in [3.05, 3.63) is 42.5 Å². The van der Waals surface area contributed by atoms with Crippen molar-refractivity contribution in [2.75, 3.05) is 32.0 Å². The third kappa shape index (κ3) is 4.43. The Morgan fingerprint density at radius 3 is 2.85 bits per heavy atom. The average Bonchev–Trinajstić information content (AvgIpc) is 3.42. The van der Waals surface area contributed by atoms with Gasteiger partial charge in [0.25, 0.3) is 6.43 Å². The summed E-state index contributed by atoms with van der Waals surface area (Å²) in [5.74, 6) is 0.167. The largest absolute Gasteiger partial charge is 0.348 e. The van der Waals surface area contributed by atoms with E-state index in [9.17, 15) is 8.78 Å². The topological polar surface area (TPSA) is 87.5 Å². The second kappa shape index (κ2) is 8.86. The number of likely N-dealkylation sites (tertiary alicyclic amines) is 1. The molecule has 0 atom stereocenters. The molecule has 0 spiro atoms. The number of halogens is 2. The van der Waals surface area contributed by atoms with Gasteiger partial charge in [-0.2, -0.15) is 5.10 Å².